The van der Waals surface area contributed by atoms with Crippen molar-refractivity contribution in [3.05, 3.63) is 48.3 Å². The number of benzene rings is 1. The highest BCUT2D eigenvalue weighted by molar-refractivity contribution is 7.99. The average molecular weight is 372 g/mol. The van der Waals surface area contributed by atoms with Gasteiger partial charge >= 0.3 is 0 Å². The van der Waals surface area contributed by atoms with E-state index < -0.39 is 0 Å². The predicted octanol–water partition coefficient (Wildman–Crippen LogP) is 3.17. The number of amides is 1. The third-order valence-electron chi connectivity index (χ3n) is 5.37. The summed E-state index contributed by atoms with van der Waals surface area (Å²) in [7, 11) is 0. The molecule has 4 rings (SSSR count). The SMILES string of the molecule is O=C(CSc1nccn1C1CC1)NCC1(c2ccccc2)CCOCC1. The lowest BCUT2D eigenvalue weighted by molar-refractivity contribution is -0.119. The summed E-state index contributed by atoms with van der Waals surface area (Å²) in [5.74, 6) is 0.479. The van der Waals surface area contributed by atoms with E-state index in [1.807, 2.05) is 18.5 Å². The highest BCUT2D eigenvalue weighted by Gasteiger charge is 2.34. The molecule has 1 aliphatic heterocycles. The second-order valence-electron chi connectivity index (χ2n) is 7.17. The van der Waals surface area contributed by atoms with E-state index in [1.165, 1.54) is 30.2 Å². The van der Waals surface area contributed by atoms with Gasteiger partial charge in [0.1, 0.15) is 0 Å². The van der Waals surface area contributed by atoms with Crippen LogP contribution in [0.25, 0.3) is 0 Å². The number of ether oxygens (including phenoxy) is 1. The van der Waals surface area contributed by atoms with Crippen LogP contribution >= 0.6 is 11.8 Å². The van der Waals surface area contributed by atoms with Crippen LogP contribution in [0.2, 0.25) is 0 Å². The maximum atomic E-state index is 12.5. The lowest BCUT2D eigenvalue weighted by Gasteiger charge is -2.38. The van der Waals surface area contributed by atoms with Crippen molar-refractivity contribution < 1.29 is 9.53 Å². The van der Waals surface area contributed by atoms with Crippen molar-refractivity contribution in [1.29, 1.82) is 0 Å². The number of imidazole rings is 1. The van der Waals surface area contributed by atoms with Gasteiger partial charge in [-0.05, 0) is 31.2 Å². The molecule has 2 fully saturated rings. The number of rotatable bonds is 7. The topological polar surface area (TPSA) is 56.2 Å². The number of aromatic nitrogens is 2. The van der Waals surface area contributed by atoms with Gasteiger partial charge in [-0.1, -0.05) is 42.1 Å². The fraction of sp³-hybridized carbons (Fsp3) is 0.500. The first kappa shape index (κ1) is 17.6. The van der Waals surface area contributed by atoms with E-state index in [4.69, 9.17) is 4.74 Å². The fourth-order valence-electron chi connectivity index (χ4n) is 3.61. The van der Waals surface area contributed by atoms with Gasteiger partial charge in [-0.2, -0.15) is 0 Å². The fourth-order valence-corrected chi connectivity index (χ4v) is 4.47. The Kier molecular flexibility index (Phi) is 5.31. The quantitative estimate of drug-likeness (QED) is 0.760. The smallest absolute Gasteiger partial charge is 0.230 e. The molecule has 1 saturated carbocycles. The zero-order valence-corrected chi connectivity index (χ0v) is 15.7. The van der Waals surface area contributed by atoms with Gasteiger partial charge in [-0.15, -0.1) is 0 Å². The summed E-state index contributed by atoms with van der Waals surface area (Å²) in [6, 6.07) is 11.1. The number of thioether (sulfide) groups is 1. The van der Waals surface area contributed by atoms with Crippen molar-refractivity contribution >= 4 is 17.7 Å². The standard InChI is InChI=1S/C20H25N3O2S/c24-18(14-26-19-21-10-11-23(19)17-6-7-17)22-15-20(8-12-25-13-9-20)16-4-2-1-3-5-16/h1-5,10-11,17H,6-9,12-15H2,(H,22,24). The highest BCUT2D eigenvalue weighted by Crippen LogP contribution is 2.37. The Labute approximate surface area is 158 Å². The number of hydrogen-bond acceptors (Lipinski definition) is 4. The Morgan fingerprint density at radius 1 is 1.27 bits per heavy atom. The van der Waals surface area contributed by atoms with Crippen molar-refractivity contribution in [3.63, 3.8) is 0 Å². The van der Waals surface area contributed by atoms with Gasteiger partial charge < -0.3 is 14.6 Å². The third-order valence-corrected chi connectivity index (χ3v) is 6.35. The van der Waals surface area contributed by atoms with Crippen LogP contribution in [0, 0.1) is 0 Å². The summed E-state index contributed by atoms with van der Waals surface area (Å²) in [4.78, 5) is 16.8. The summed E-state index contributed by atoms with van der Waals surface area (Å²) in [5, 5.41) is 4.12. The van der Waals surface area contributed by atoms with Gasteiger partial charge in [-0.25, -0.2) is 4.98 Å². The zero-order chi connectivity index (χ0) is 17.8. The average Bonchev–Trinajstić information content (AvgIpc) is 3.44. The van der Waals surface area contributed by atoms with Crippen LogP contribution in [-0.2, 0) is 14.9 Å². The molecule has 0 radical (unpaired) electrons. The van der Waals surface area contributed by atoms with Crippen molar-refractivity contribution in [2.45, 2.75) is 42.3 Å². The highest BCUT2D eigenvalue weighted by atomic mass is 32.2. The Morgan fingerprint density at radius 2 is 2.04 bits per heavy atom. The van der Waals surface area contributed by atoms with Gasteiger partial charge in [0.15, 0.2) is 5.16 Å². The van der Waals surface area contributed by atoms with Crippen LogP contribution in [0.5, 0.6) is 0 Å². The van der Waals surface area contributed by atoms with Crippen LogP contribution in [0.1, 0.15) is 37.3 Å². The molecule has 0 bridgehead atoms. The number of carbonyl (C=O) groups is 1. The maximum absolute atomic E-state index is 12.5. The molecule has 2 heterocycles. The number of nitrogens with one attached hydrogen (secondary N) is 1. The molecular weight excluding hydrogens is 346 g/mol. The van der Waals surface area contributed by atoms with Gasteiger partial charge in [0.2, 0.25) is 5.91 Å². The Hall–Kier alpha value is -1.79. The van der Waals surface area contributed by atoms with E-state index >= 15 is 0 Å². The van der Waals surface area contributed by atoms with Crippen molar-refractivity contribution in [1.82, 2.24) is 14.9 Å². The number of nitrogens with zero attached hydrogens (tertiary/aromatic N) is 2. The normalized spacial score (nSPS) is 19.2. The maximum Gasteiger partial charge on any atom is 0.230 e. The van der Waals surface area contributed by atoms with E-state index in [9.17, 15) is 4.79 Å². The largest absolute Gasteiger partial charge is 0.381 e. The third kappa shape index (κ3) is 3.96. The van der Waals surface area contributed by atoms with Crippen LogP contribution < -0.4 is 5.32 Å². The molecule has 6 heteroatoms. The van der Waals surface area contributed by atoms with E-state index in [0.29, 0.717) is 18.3 Å². The summed E-state index contributed by atoms with van der Waals surface area (Å²) in [5.41, 5.74) is 1.27. The summed E-state index contributed by atoms with van der Waals surface area (Å²) >= 11 is 1.53. The van der Waals surface area contributed by atoms with Crippen LogP contribution in [-0.4, -0.2) is 41.0 Å². The van der Waals surface area contributed by atoms with Crippen LogP contribution in [0.3, 0.4) is 0 Å². The second kappa shape index (κ2) is 7.84. The lowest BCUT2D eigenvalue weighted by atomic mass is 9.74. The van der Waals surface area contributed by atoms with Crippen molar-refractivity contribution in [2.75, 3.05) is 25.5 Å². The molecule has 5 nitrogen and oxygen atoms in total. The van der Waals surface area contributed by atoms with E-state index in [1.54, 1.807) is 0 Å². The summed E-state index contributed by atoms with van der Waals surface area (Å²) < 4.78 is 7.76. The molecule has 1 saturated heterocycles. The van der Waals surface area contributed by atoms with Gasteiger partial charge in [0.05, 0.1) is 5.75 Å². The second-order valence-corrected chi connectivity index (χ2v) is 8.11. The molecule has 1 aromatic heterocycles. The first-order valence-corrected chi connectivity index (χ1v) is 10.3. The molecule has 1 N–H and O–H groups in total. The predicted molar refractivity (Wildman–Crippen MR) is 102 cm³/mol. The molecule has 2 aliphatic rings. The molecular formula is C20H25N3O2S. The minimum absolute atomic E-state index is 0.0215. The first-order chi connectivity index (χ1) is 12.8. The number of hydrogen-bond donors (Lipinski definition) is 1. The molecule has 1 aliphatic carbocycles. The molecule has 26 heavy (non-hydrogen) atoms. The lowest BCUT2D eigenvalue weighted by Crippen LogP contribution is -2.45. The molecule has 0 unspecified atom stereocenters. The molecule has 138 valence electrons. The molecule has 0 atom stereocenters. The van der Waals surface area contributed by atoms with Gasteiger partial charge in [0.25, 0.3) is 0 Å². The first-order valence-electron chi connectivity index (χ1n) is 9.32. The van der Waals surface area contributed by atoms with E-state index in [2.05, 4.69) is 39.1 Å². The van der Waals surface area contributed by atoms with Gasteiger partial charge in [0, 0.05) is 43.6 Å². The summed E-state index contributed by atoms with van der Waals surface area (Å²) in [6.07, 6.45) is 8.16. The van der Waals surface area contributed by atoms with E-state index in [0.717, 1.165) is 31.2 Å². The Balaban J connectivity index is 1.35. The number of carbonyl (C=O) groups excluding carboxylic acids is 1. The monoisotopic (exact) mass is 371 g/mol. The molecule has 1 aromatic carbocycles. The van der Waals surface area contributed by atoms with E-state index in [-0.39, 0.29) is 11.3 Å². The Bertz CT molecular complexity index is 737. The zero-order valence-electron chi connectivity index (χ0n) is 14.9. The summed E-state index contributed by atoms with van der Waals surface area (Å²) in [6.45, 7) is 2.16. The van der Waals surface area contributed by atoms with Crippen molar-refractivity contribution in [3.8, 4) is 0 Å². The molecule has 1 amide bonds. The van der Waals surface area contributed by atoms with Crippen LogP contribution in [0.15, 0.2) is 47.9 Å². The van der Waals surface area contributed by atoms with Crippen LogP contribution in [0.4, 0.5) is 0 Å². The van der Waals surface area contributed by atoms with Crippen molar-refractivity contribution in [2.24, 2.45) is 0 Å². The minimum Gasteiger partial charge on any atom is -0.381 e. The minimum atomic E-state index is -0.0215. The Morgan fingerprint density at radius 3 is 2.77 bits per heavy atom. The van der Waals surface area contributed by atoms with Gasteiger partial charge in [-0.3, -0.25) is 4.79 Å². The molecule has 2 aromatic rings. The molecule has 0 spiro atoms.